The largest absolute Gasteiger partial charge is 0.368 e. The van der Waals surface area contributed by atoms with Gasteiger partial charge in [-0.25, -0.2) is 4.98 Å². The second-order valence-corrected chi connectivity index (χ2v) is 7.79. The fourth-order valence-electron chi connectivity index (χ4n) is 3.57. The molecule has 9 heteroatoms. The Morgan fingerprint density at radius 2 is 1.91 bits per heavy atom. The number of nitrogens with one attached hydrogen (secondary N) is 3. The van der Waals surface area contributed by atoms with E-state index in [1.54, 1.807) is 12.1 Å². The van der Waals surface area contributed by atoms with E-state index in [4.69, 9.17) is 10.5 Å². The molecule has 4 rings (SSSR count). The molecule has 0 spiro atoms. The summed E-state index contributed by atoms with van der Waals surface area (Å²) in [4.78, 5) is 32.9. The SMILES string of the molecule is C[C@@H](Nc1nc(Nc2cccc(NC(=O)C3CCCO3)c2)ncc1C(N)=O)c1ccccc1. The molecule has 0 aliphatic carbocycles. The van der Waals surface area contributed by atoms with Gasteiger partial charge < -0.3 is 26.4 Å². The van der Waals surface area contributed by atoms with Gasteiger partial charge in [0, 0.05) is 30.2 Å². The van der Waals surface area contributed by atoms with Gasteiger partial charge in [-0.05, 0) is 43.5 Å². The highest BCUT2D eigenvalue weighted by atomic mass is 16.5. The maximum atomic E-state index is 12.3. The Kier molecular flexibility index (Phi) is 6.80. The molecule has 2 heterocycles. The molecule has 9 nitrogen and oxygen atoms in total. The minimum Gasteiger partial charge on any atom is -0.368 e. The van der Waals surface area contributed by atoms with Crippen LogP contribution in [0.5, 0.6) is 0 Å². The molecule has 3 aromatic rings. The summed E-state index contributed by atoms with van der Waals surface area (Å²) in [5, 5.41) is 9.22. The molecule has 33 heavy (non-hydrogen) atoms. The van der Waals surface area contributed by atoms with Crippen molar-refractivity contribution in [3.63, 3.8) is 0 Å². The molecule has 0 saturated carbocycles. The molecule has 1 saturated heterocycles. The molecule has 2 amide bonds. The van der Waals surface area contributed by atoms with E-state index in [0.29, 0.717) is 23.8 Å². The number of carbonyl (C=O) groups excluding carboxylic acids is 2. The van der Waals surface area contributed by atoms with Crippen molar-refractivity contribution in [2.24, 2.45) is 5.73 Å². The highest BCUT2D eigenvalue weighted by Gasteiger charge is 2.23. The van der Waals surface area contributed by atoms with E-state index in [9.17, 15) is 9.59 Å². The molecule has 1 unspecified atom stereocenters. The fraction of sp³-hybridized carbons (Fsp3) is 0.250. The number of hydrogen-bond donors (Lipinski definition) is 4. The lowest BCUT2D eigenvalue weighted by atomic mass is 10.1. The topological polar surface area (TPSA) is 131 Å². The highest BCUT2D eigenvalue weighted by molar-refractivity contribution is 5.97. The number of primary amides is 1. The second kappa shape index (κ2) is 10.1. The maximum absolute atomic E-state index is 12.3. The number of anilines is 4. The first-order valence-electron chi connectivity index (χ1n) is 10.8. The predicted molar refractivity (Wildman–Crippen MR) is 126 cm³/mol. The van der Waals surface area contributed by atoms with Crippen LogP contribution >= 0.6 is 0 Å². The Labute approximate surface area is 191 Å². The summed E-state index contributed by atoms with van der Waals surface area (Å²) < 4.78 is 5.43. The normalized spacial score (nSPS) is 16.1. The molecule has 1 aliphatic heterocycles. The summed E-state index contributed by atoms with van der Waals surface area (Å²) in [6.45, 7) is 2.58. The van der Waals surface area contributed by atoms with Gasteiger partial charge in [-0.1, -0.05) is 36.4 Å². The van der Waals surface area contributed by atoms with Crippen molar-refractivity contribution in [2.45, 2.75) is 31.9 Å². The number of nitrogens with two attached hydrogens (primary N) is 1. The van der Waals surface area contributed by atoms with Gasteiger partial charge in [-0.3, -0.25) is 9.59 Å². The van der Waals surface area contributed by atoms with E-state index in [0.717, 1.165) is 18.4 Å². The van der Waals surface area contributed by atoms with Crippen molar-refractivity contribution < 1.29 is 14.3 Å². The van der Waals surface area contributed by atoms with Crippen LogP contribution in [0.25, 0.3) is 0 Å². The number of nitrogens with zero attached hydrogens (tertiary/aromatic N) is 2. The van der Waals surface area contributed by atoms with Gasteiger partial charge in [0.2, 0.25) is 5.95 Å². The average Bonchev–Trinajstić information content (AvgIpc) is 3.35. The van der Waals surface area contributed by atoms with Crippen LogP contribution in [-0.2, 0) is 9.53 Å². The number of benzene rings is 2. The minimum absolute atomic E-state index is 0.108. The summed E-state index contributed by atoms with van der Waals surface area (Å²) in [5.41, 5.74) is 8.06. The first-order chi connectivity index (χ1) is 16.0. The molecule has 2 aromatic carbocycles. The Bertz CT molecular complexity index is 1130. The summed E-state index contributed by atoms with van der Waals surface area (Å²) in [6.07, 6.45) is 2.59. The zero-order valence-electron chi connectivity index (χ0n) is 18.2. The van der Waals surface area contributed by atoms with Gasteiger partial charge >= 0.3 is 0 Å². The van der Waals surface area contributed by atoms with E-state index in [2.05, 4.69) is 25.9 Å². The Balaban J connectivity index is 1.50. The smallest absolute Gasteiger partial charge is 0.254 e. The van der Waals surface area contributed by atoms with Crippen molar-refractivity contribution in [3.8, 4) is 0 Å². The molecular weight excluding hydrogens is 420 g/mol. The maximum Gasteiger partial charge on any atom is 0.254 e. The van der Waals surface area contributed by atoms with Gasteiger partial charge in [-0.2, -0.15) is 4.98 Å². The lowest BCUT2D eigenvalue weighted by Crippen LogP contribution is -2.26. The zero-order valence-corrected chi connectivity index (χ0v) is 18.2. The molecule has 0 bridgehead atoms. The highest BCUT2D eigenvalue weighted by Crippen LogP contribution is 2.24. The van der Waals surface area contributed by atoms with Crippen LogP contribution in [0.3, 0.4) is 0 Å². The standard InChI is InChI=1S/C24H26N6O3/c1-15(16-7-3-2-4-8-16)27-22-19(21(25)31)14-26-24(30-22)29-18-10-5-9-17(13-18)28-23(32)20-11-6-12-33-20/h2-5,7-10,13-15,20H,6,11-12H2,1H3,(H2,25,31)(H,28,32)(H2,26,27,29,30)/t15-,20?/m1/s1. The van der Waals surface area contributed by atoms with Crippen LogP contribution in [-0.4, -0.2) is 34.5 Å². The quantitative estimate of drug-likeness (QED) is 0.416. The Morgan fingerprint density at radius 3 is 2.64 bits per heavy atom. The number of aromatic nitrogens is 2. The minimum atomic E-state index is -0.622. The number of hydrogen-bond acceptors (Lipinski definition) is 7. The van der Waals surface area contributed by atoms with E-state index >= 15 is 0 Å². The number of carbonyl (C=O) groups is 2. The fourth-order valence-corrected chi connectivity index (χ4v) is 3.57. The van der Waals surface area contributed by atoms with E-state index in [-0.39, 0.29) is 23.5 Å². The monoisotopic (exact) mass is 446 g/mol. The first-order valence-corrected chi connectivity index (χ1v) is 10.8. The summed E-state index contributed by atoms with van der Waals surface area (Å²) in [6, 6.07) is 16.9. The molecule has 1 aliphatic rings. The van der Waals surface area contributed by atoms with Crippen molar-refractivity contribution in [2.75, 3.05) is 22.6 Å². The van der Waals surface area contributed by atoms with Crippen LogP contribution in [0.4, 0.5) is 23.1 Å². The third kappa shape index (κ3) is 5.64. The van der Waals surface area contributed by atoms with E-state index in [1.807, 2.05) is 49.4 Å². The van der Waals surface area contributed by atoms with Crippen LogP contribution in [0.2, 0.25) is 0 Å². The van der Waals surface area contributed by atoms with Crippen molar-refractivity contribution >= 4 is 35.0 Å². The molecular formula is C24H26N6O3. The molecule has 170 valence electrons. The van der Waals surface area contributed by atoms with E-state index in [1.165, 1.54) is 6.20 Å². The Morgan fingerprint density at radius 1 is 1.12 bits per heavy atom. The lowest BCUT2D eigenvalue weighted by Gasteiger charge is -2.17. The third-order valence-electron chi connectivity index (χ3n) is 5.32. The second-order valence-electron chi connectivity index (χ2n) is 7.79. The molecule has 0 radical (unpaired) electrons. The average molecular weight is 447 g/mol. The van der Waals surface area contributed by atoms with Crippen molar-refractivity contribution in [1.29, 1.82) is 0 Å². The summed E-state index contributed by atoms with van der Waals surface area (Å²) in [5.74, 6) is -0.166. The number of ether oxygens (including phenoxy) is 1. The van der Waals surface area contributed by atoms with Gasteiger partial charge in [0.05, 0.1) is 5.56 Å². The van der Waals surface area contributed by atoms with Gasteiger partial charge in [0.25, 0.3) is 11.8 Å². The molecule has 1 fully saturated rings. The summed E-state index contributed by atoms with van der Waals surface area (Å²) >= 11 is 0. The third-order valence-corrected chi connectivity index (χ3v) is 5.32. The van der Waals surface area contributed by atoms with Gasteiger partial charge in [0.15, 0.2) is 0 Å². The van der Waals surface area contributed by atoms with Gasteiger partial charge in [0.1, 0.15) is 11.9 Å². The predicted octanol–water partition coefficient (Wildman–Crippen LogP) is 3.61. The van der Waals surface area contributed by atoms with Crippen LogP contribution in [0.1, 0.15) is 41.7 Å². The number of amides is 2. The molecule has 2 atom stereocenters. The van der Waals surface area contributed by atoms with Gasteiger partial charge in [-0.15, -0.1) is 0 Å². The van der Waals surface area contributed by atoms with Crippen LogP contribution in [0.15, 0.2) is 60.8 Å². The molecule has 1 aromatic heterocycles. The van der Waals surface area contributed by atoms with Crippen LogP contribution in [0, 0.1) is 0 Å². The number of rotatable bonds is 8. The first kappa shape index (κ1) is 22.2. The Hall–Kier alpha value is -3.98. The van der Waals surface area contributed by atoms with Crippen LogP contribution < -0.4 is 21.7 Å². The molecule has 5 N–H and O–H groups in total. The van der Waals surface area contributed by atoms with E-state index < -0.39 is 12.0 Å². The summed E-state index contributed by atoms with van der Waals surface area (Å²) in [7, 11) is 0. The van der Waals surface area contributed by atoms with Crippen molar-refractivity contribution in [3.05, 3.63) is 71.9 Å². The zero-order chi connectivity index (χ0) is 23.2. The lowest BCUT2D eigenvalue weighted by molar-refractivity contribution is -0.124. The van der Waals surface area contributed by atoms with Crippen molar-refractivity contribution in [1.82, 2.24) is 9.97 Å².